The summed E-state index contributed by atoms with van der Waals surface area (Å²) in [6.45, 7) is 1.64. The molecule has 0 aromatic heterocycles. The monoisotopic (exact) mass is 407 g/mol. The van der Waals surface area contributed by atoms with E-state index in [9.17, 15) is 18.4 Å². The van der Waals surface area contributed by atoms with E-state index in [0.717, 1.165) is 19.1 Å². The number of hydrogen-bond donors (Lipinski definition) is 3. The second-order valence-electron chi connectivity index (χ2n) is 6.39. The molecule has 0 bridgehead atoms. The number of halogens is 3. The Balaban J connectivity index is 2.25. The van der Waals surface area contributed by atoms with Gasteiger partial charge >= 0.3 is 5.67 Å². The number of nitrogens with one attached hydrogen (secondary N) is 3. The Morgan fingerprint density at radius 3 is 2.00 bits per heavy atom. The third-order valence-electron chi connectivity index (χ3n) is 4.12. The minimum absolute atomic E-state index is 0.130. The van der Waals surface area contributed by atoms with Crippen LogP contribution < -0.4 is 15.4 Å². The maximum atomic E-state index is 15.3. The van der Waals surface area contributed by atoms with Gasteiger partial charge in [-0.2, -0.15) is 0 Å². The van der Waals surface area contributed by atoms with Crippen LogP contribution in [-0.4, -0.2) is 30.3 Å². The lowest BCUT2D eigenvalue weighted by molar-refractivity contribution is -0.134. The molecule has 29 heavy (non-hydrogen) atoms. The van der Waals surface area contributed by atoms with E-state index in [1.54, 1.807) is 0 Å². The standard InChI is InChI=1S/C20H20F3N3O3/c1-12(24)20(23,17(27)25-14-7-9-16(29-3)10-8-14)18(28)26-15-6-4-5-13(11-15)19(2,21)22/h4-11,24H,1-3H3,(H,25,27)(H,26,28). The topological polar surface area (TPSA) is 91.3 Å². The van der Waals surface area contributed by atoms with Crippen LogP contribution in [0.3, 0.4) is 0 Å². The number of methoxy groups -OCH3 is 1. The van der Waals surface area contributed by atoms with Crippen LogP contribution in [0.5, 0.6) is 5.75 Å². The van der Waals surface area contributed by atoms with Gasteiger partial charge in [-0.1, -0.05) is 12.1 Å². The molecule has 0 aliphatic carbocycles. The summed E-state index contributed by atoms with van der Waals surface area (Å²) in [5.74, 6) is -5.52. The van der Waals surface area contributed by atoms with Crippen LogP contribution in [0.25, 0.3) is 0 Å². The first-order chi connectivity index (χ1) is 13.5. The zero-order valence-corrected chi connectivity index (χ0v) is 16.0. The molecular formula is C20H20F3N3O3. The number of anilines is 2. The lowest BCUT2D eigenvalue weighted by Crippen LogP contribution is -2.53. The fourth-order valence-electron chi connectivity index (χ4n) is 2.42. The molecular weight excluding hydrogens is 387 g/mol. The summed E-state index contributed by atoms with van der Waals surface area (Å²) >= 11 is 0. The second-order valence-corrected chi connectivity index (χ2v) is 6.39. The molecule has 2 rings (SSSR count). The minimum atomic E-state index is -3.34. The molecule has 1 atom stereocenters. The van der Waals surface area contributed by atoms with E-state index in [4.69, 9.17) is 10.1 Å². The van der Waals surface area contributed by atoms with Gasteiger partial charge in [0.2, 0.25) is 0 Å². The van der Waals surface area contributed by atoms with Crippen molar-refractivity contribution >= 4 is 28.9 Å². The normalized spacial score (nSPS) is 13.2. The van der Waals surface area contributed by atoms with E-state index in [2.05, 4.69) is 10.6 Å². The molecule has 2 amide bonds. The van der Waals surface area contributed by atoms with E-state index >= 15 is 4.39 Å². The van der Waals surface area contributed by atoms with Crippen molar-refractivity contribution in [3.63, 3.8) is 0 Å². The van der Waals surface area contributed by atoms with Crippen LogP contribution in [0.15, 0.2) is 48.5 Å². The predicted octanol–water partition coefficient (Wildman–Crippen LogP) is 4.13. The van der Waals surface area contributed by atoms with Crippen molar-refractivity contribution < 1.29 is 27.5 Å². The van der Waals surface area contributed by atoms with E-state index in [1.807, 2.05) is 0 Å². The van der Waals surface area contributed by atoms with Gasteiger partial charge in [0.05, 0.1) is 12.8 Å². The van der Waals surface area contributed by atoms with Crippen molar-refractivity contribution in [1.82, 2.24) is 0 Å². The first kappa shape index (κ1) is 21.9. The van der Waals surface area contributed by atoms with Crippen LogP contribution in [0.1, 0.15) is 19.4 Å². The molecule has 0 saturated heterocycles. The average molecular weight is 407 g/mol. The van der Waals surface area contributed by atoms with Crippen LogP contribution >= 0.6 is 0 Å². The Morgan fingerprint density at radius 1 is 0.966 bits per heavy atom. The van der Waals surface area contributed by atoms with Gasteiger partial charge < -0.3 is 20.8 Å². The summed E-state index contributed by atoms with van der Waals surface area (Å²) in [5, 5.41) is 11.9. The van der Waals surface area contributed by atoms with Crippen molar-refractivity contribution in [3.05, 3.63) is 54.1 Å². The Kier molecular flexibility index (Phi) is 6.31. The number of carbonyl (C=O) groups excluding carboxylic acids is 2. The molecule has 0 spiro atoms. The molecule has 1 unspecified atom stereocenters. The van der Waals surface area contributed by atoms with Gasteiger partial charge in [-0.15, -0.1) is 0 Å². The molecule has 0 aliphatic heterocycles. The lowest BCUT2D eigenvalue weighted by atomic mass is 9.97. The van der Waals surface area contributed by atoms with Gasteiger partial charge in [0.25, 0.3) is 17.7 Å². The van der Waals surface area contributed by atoms with Crippen molar-refractivity contribution in [2.24, 2.45) is 0 Å². The molecule has 0 radical (unpaired) electrons. The number of hydrogen-bond acceptors (Lipinski definition) is 4. The van der Waals surface area contributed by atoms with Gasteiger partial charge in [-0.3, -0.25) is 9.59 Å². The second kappa shape index (κ2) is 8.34. The zero-order chi connectivity index (χ0) is 21.8. The zero-order valence-electron chi connectivity index (χ0n) is 16.0. The maximum absolute atomic E-state index is 15.3. The molecule has 9 heteroatoms. The molecule has 0 fully saturated rings. The summed E-state index contributed by atoms with van der Waals surface area (Å²) in [5.41, 5.74) is -4.55. The summed E-state index contributed by atoms with van der Waals surface area (Å²) in [6, 6.07) is 10.6. The highest BCUT2D eigenvalue weighted by Crippen LogP contribution is 2.29. The first-order valence-electron chi connectivity index (χ1n) is 8.48. The number of benzene rings is 2. The minimum Gasteiger partial charge on any atom is -0.497 e. The maximum Gasteiger partial charge on any atom is 0.303 e. The van der Waals surface area contributed by atoms with Crippen LogP contribution in [-0.2, 0) is 15.5 Å². The molecule has 3 N–H and O–H groups in total. The molecule has 0 aliphatic rings. The van der Waals surface area contributed by atoms with Gasteiger partial charge in [-0.25, -0.2) is 13.2 Å². The summed E-state index contributed by atoms with van der Waals surface area (Å²) < 4.78 is 47.2. The Morgan fingerprint density at radius 2 is 1.52 bits per heavy atom. The third kappa shape index (κ3) is 4.92. The first-order valence-corrected chi connectivity index (χ1v) is 8.48. The van der Waals surface area contributed by atoms with E-state index in [0.29, 0.717) is 12.7 Å². The summed E-state index contributed by atoms with van der Waals surface area (Å²) in [7, 11) is 1.45. The average Bonchev–Trinajstić information content (AvgIpc) is 2.67. The highest BCUT2D eigenvalue weighted by molar-refractivity contribution is 6.32. The molecule has 154 valence electrons. The highest BCUT2D eigenvalue weighted by Gasteiger charge is 2.49. The third-order valence-corrected chi connectivity index (χ3v) is 4.12. The fraction of sp³-hybridized carbons (Fsp3) is 0.250. The number of carbonyl (C=O) groups is 2. The Hall–Kier alpha value is -3.36. The van der Waals surface area contributed by atoms with E-state index in [1.165, 1.54) is 43.5 Å². The van der Waals surface area contributed by atoms with Crippen molar-refractivity contribution in [2.45, 2.75) is 25.4 Å². The summed E-state index contributed by atoms with van der Waals surface area (Å²) in [6.07, 6.45) is 0. The van der Waals surface area contributed by atoms with Gasteiger partial charge in [0.15, 0.2) is 0 Å². The van der Waals surface area contributed by atoms with Crippen LogP contribution in [0.4, 0.5) is 24.5 Å². The summed E-state index contributed by atoms with van der Waals surface area (Å²) in [4.78, 5) is 24.9. The van der Waals surface area contributed by atoms with Crippen LogP contribution in [0.2, 0.25) is 0 Å². The Labute approximate surface area is 165 Å². The van der Waals surface area contributed by atoms with Gasteiger partial charge in [0.1, 0.15) is 5.75 Å². The Bertz CT molecular complexity index is 927. The number of alkyl halides is 3. The fourth-order valence-corrected chi connectivity index (χ4v) is 2.42. The van der Waals surface area contributed by atoms with Crippen LogP contribution in [0, 0.1) is 5.41 Å². The highest BCUT2D eigenvalue weighted by atomic mass is 19.3. The largest absolute Gasteiger partial charge is 0.497 e. The molecule has 2 aromatic carbocycles. The quantitative estimate of drug-likeness (QED) is 0.476. The SMILES string of the molecule is COc1ccc(NC(=O)C(F)(C(C)=N)C(=O)Nc2cccc(C(C)(F)F)c2)cc1. The molecule has 6 nitrogen and oxygen atoms in total. The number of amides is 2. The van der Waals surface area contributed by atoms with Gasteiger partial charge in [-0.05, 0) is 43.3 Å². The van der Waals surface area contributed by atoms with Crippen molar-refractivity contribution in [1.29, 1.82) is 5.41 Å². The van der Waals surface area contributed by atoms with E-state index in [-0.39, 0.29) is 11.4 Å². The molecule has 0 saturated carbocycles. The van der Waals surface area contributed by atoms with Crippen molar-refractivity contribution in [3.8, 4) is 5.75 Å². The molecule has 0 heterocycles. The predicted molar refractivity (Wildman–Crippen MR) is 104 cm³/mol. The lowest BCUT2D eigenvalue weighted by Gasteiger charge is -2.23. The number of ether oxygens (including phenoxy) is 1. The van der Waals surface area contributed by atoms with Crippen molar-refractivity contribution in [2.75, 3.05) is 17.7 Å². The van der Waals surface area contributed by atoms with Gasteiger partial charge in [0, 0.05) is 23.9 Å². The smallest absolute Gasteiger partial charge is 0.303 e. The van der Waals surface area contributed by atoms with E-state index < -0.39 is 34.7 Å². The molecule has 2 aromatic rings. The number of rotatable bonds is 7.